The molecule has 0 bridgehead atoms. The number of carbonyl (C=O) groups is 1. The third-order valence-electron chi connectivity index (χ3n) is 4.47. The van der Waals surface area contributed by atoms with Crippen LogP contribution in [0.5, 0.6) is 23.0 Å². The van der Waals surface area contributed by atoms with Gasteiger partial charge in [0.1, 0.15) is 5.69 Å². The Balaban J connectivity index is 2.04. The quantitative estimate of drug-likeness (QED) is 0.723. The lowest BCUT2D eigenvalue weighted by Gasteiger charge is -2.15. The molecule has 2 heterocycles. The van der Waals surface area contributed by atoms with E-state index in [1.165, 1.54) is 14.2 Å². The van der Waals surface area contributed by atoms with Gasteiger partial charge in [-0.2, -0.15) is 0 Å². The Labute approximate surface area is 155 Å². The molecule has 0 fully saturated rings. The number of ether oxygens (including phenoxy) is 4. The molecule has 7 heteroatoms. The molecule has 0 atom stereocenters. The molecule has 0 saturated heterocycles. The van der Waals surface area contributed by atoms with E-state index in [1.54, 1.807) is 12.3 Å². The number of aromatic nitrogens is 1. The van der Waals surface area contributed by atoms with Crippen LogP contribution in [0, 0.1) is 0 Å². The van der Waals surface area contributed by atoms with E-state index in [0.29, 0.717) is 34.1 Å². The monoisotopic (exact) mass is 366 g/mol. The molecule has 3 N–H and O–H groups in total. The zero-order valence-electron chi connectivity index (χ0n) is 14.9. The number of primary amides is 1. The average molecular weight is 366 g/mol. The number of hydrogen-bond acceptors (Lipinski definition) is 5. The zero-order chi connectivity index (χ0) is 19.0. The van der Waals surface area contributed by atoms with Crippen LogP contribution in [0.2, 0.25) is 0 Å². The lowest BCUT2D eigenvalue weighted by Crippen LogP contribution is -2.12. The van der Waals surface area contributed by atoms with Gasteiger partial charge in [-0.3, -0.25) is 4.79 Å². The highest BCUT2D eigenvalue weighted by atomic mass is 16.7. The highest BCUT2D eigenvalue weighted by molar-refractivity contribution is 6.04. The van der Waals surface area contributed by atoms with E-state index in [-0.39, 0.29) is 12.5 Å². The summed E-state index contributed by atoms with van der Waals surface area (Å²) in [6.07, 6.45) is 1.75. The van der Waals surface area contributed by atoms with Crippen LogP contribution in [-0.4, -0.2) is 31.9 Å². The maximum atomic E-state index is 12.1. The Morgan fingerprint density at radius 2 is 1.81 bits per heavy atom. The number of fused-ring (bicyclic) bond motifs is 1. The van der Waals surface area contributed by atoms with Crippen molar-refractivity contribution in [2.75, 3.05) is 21.0 Å². The minimum Gasteiger partial charge on any atom is -0.493 e. The van der Waals surface area contributed by atoms with E-state index in [2.05, 4.69) is 4.98 Å². The average Bonchev–Trinajstić information content (AvgIpc) is 3.34. The number of aromatic amines is 1. The van der Waals surface area contributed by atoms with Gasteiger partial charge in [0, 0.05) is 22.9 Å². The van der Waals surface area contributed by atoms with E-state index >= 15 is 0 Å². The lowest BCUT2D eigenvalue weighted by molar-refractivity contribution is 0.0996. The number of nitrogens with one attached hydrogen (secondary N) is 1. The molecule has 1 amide bonds. The lowest BCUT2D eigenvalue weighted by atomic mass is 9.95. The summed E-state index contributed by atoms with van der Waals surface area (Å²) in [5, 5.41) is 0. The van der Waals surface area contributed by atoms with Crippen LogP contribution in [0.3, 0.4) is 0 Å². The number of amides is 1. The molecule has 0 saturated carbocycles. The van der Waals surface area contributed by atoms with Crippen molar-refractivity contribution in [3.05, 3.63) is 48.3 Å². The molecule has 138 valence electrons. The van der Waals surface area contributed by atoms with Crippen molar-refractivity contribution in [2.24, 2.45) is 5.73 Å². The molecule has 1 aliphatic heterocycles. The summed E-state index contributed by atoms with van der Waals surface area (Å²) >= 11 is 0. The highest BCUT2D eigenvalue weighted by Gasteiger charge is 2.30. The molecule has 3 aromatic rings. The molecular formula is C20H18N2O5. The van der Waals surface area contributed by atoms with Crippen LogP contribution in [0.1, 0.15) is 10.5 Å². The van der Waals surface area contributed by atoms with E-state index in [4.69, 9.17) is 24.7 Å². The second-order valence-electron chi connectivity index (χ2n) is 5.91. The standard InChI is InChI=1S/C20H18N2O5/c1-24-14-8-12(17(25-2)19-18(14)26-10-27-19)15-13(9-22-16(15)20(21)23)11-6-4-3-5-7-11/h3-9,22H,10H2,1-2H3,(H2,21,23). The van der Waals surface area contributed by atoms with Gasteiger partial charge in [-0.25, -0.2) is 0 Å². The topological polar surface area (TPSA) is 95.8 Å². The van der Waals surface area contributed by atoms with Crippen molar-refractivity contribution in [1.29, 1.82) is 0 Å². The van der Waals surface area contributed by atoms with Gasteiger partial charge in [0.15, 0.2) is 11.5 Å². The largest absolute Gasteiger partial charge is 0.493 e. The number of nitrogens with two attached hydrogens (primary N) is 1. The zero-order valence-corrected chi connectivity index (χ0v) is 14.9. The van der Waals surface area contributed by atoms with E-state index in [9.17, 15) is 4.79 Å². The van der Waals surface area contributed by atoms with Crippen LogP contribution in [-0.2, 0) is 0 Å². The Morgan fingerprint density at radius 1 is 1.07 bits per heavy atom. The Hall–Kier alpha value is -3.61. The summed E-state index contributed by atoms with van der Waals surface area (Å²) in [5.74, 6) is 1.25. The normalized spacial score (nSPS) is 12.1. The Bertz CT molecular complexity index is 1010. The molecule has 2 aromatic carbocycles. The molecule has 4 rings (SSSR count). The first-order valence-corrected chi connectivity index (χ1v) is 8.27. The highest BCUT2D eigenvalue weighted by Crippen LogP contribution is 2.54. The van der Waals surface area contributed by atoms with Crippen molar-refractivity contribution >= 4 is 5.91 Å². The number of benzene rings is 2. The second kappa shape index (κ2) is 6.60. The molecule has 7 nitrogen and oxygen atoms in total. The predicted octanol–water partition coefficient (Wildman–Crippen LogP) is 3.19. The molecule has 0 aliphatic carbocycles. The maximum absolute atomic E-state index is 12.1. The number of H-pyrrole nitrogens is 1. The SMILES string of the molecule is COc1cc(-c2c(-c3ccccc3)c[nH]c2C(N)=O)c(OC)c2c1OCO2. The van der Waals surface area contributed by atoms with Crippen molar-refractivity contribution in [2.45, 2.75) is 0 Å². The van der Waals surface area contributed by atoms with Gasteiger partial charge >= 0.3 is 0 Å². The minimum atomic E-state index is -0.578. The van der Waals surface area contributed by atoms with E-state index in [1.807, 2.05) is 30.3 Å². The first-order valence-electron chi connectivity index (χ1n) is 8.27. The molecule has 0 radical (unpaired) electrons. The van der Waals surface area contributed by atoms with Crippen molar-refractivity contribution < 1.29 is 23.7 Å². The summed E-state index contributed by atoms with van der Waals surface area (Å²) < 4.78 is 22.2. The minimum absolute atomic E-state index is 0.0624. The molecular weight excluding hydrogens is 348 g/mol. The fourth-order valence-electron chi connectivity index (χ4n) is 3.30. The number of methoxy groups -OCH3 is 2. The fraction of sp³-hybridized carbons (Fsp3) is 0.150. The van der Waals surface area contributed by atoms with Gasteiger partial charge in [0.25, 0.3) is 5.91 Å². The van der Waals surface area contributed by atoms with E-state index < -0.39 is 5.91 Å². The summed E-state index contributed by atoms with van der Waals surface area (Å²) in [4.78, 5) is 15.1. The smallest absolute Gasteiger partial charge is 0.265 e. The van der Waals surface area contributed by atoms with Crippen LogP contribution >= 0.6 is 0 Å². The third-order valence-corrected chi connectivity index (χ3v) is 4.47. The molecule has 1 aliphatic rings. The van der Waals surface area contributed by atoms with Gasteiger partial charge in [-0.1, -0.05) is 30.3 Å². The fourth-order valence-corrected chi connectivity index (χ4v) is 3.30. The first-order chi connectivity index (χ1) is 13.2. The van der Waals surface area contributed by atoms with Gasteiger partial charge in [0.05, 0.1) is 14.2 Å². The Morgan fingerprint density at radius 3 is 2.48 bits per heavy atom. The molecule has 27 heavy (non-hydrogen) atoms. The van der Waals surface area contributed by atoms with Gasteiger partial charge in [-0.15, -0.1) is 0 Å². The predicted molar refractivity (Wildman–Crippen MR) is 99.4 cm³/mol. The summed E-state index contributed by atoms with van der Waals surface area (Å²) in [5.41, 5.74) is 8.86. The van der Waals surface area contributed by atoms with Crippen LogP contribution in [0.15, 0.2) is 42.6 Å². The van der Waals surface area contributed by atoms with Crippen molar-refractivity contribution in [3.63, 3.8) is 0 Å². The summed E-state index contributed by atoms with van der Waals surface area (Å²) in [6, 6.07) is 11.4. The van der Waals surface area contributed by atoms with Gasteiger partial charge in [-0.05, 0) is 11.6 Å². The first kappa shape index (κ1) is 16.8. The molecule has 1 aromatic heterocycles. The van der Waals surface area contributed by atoms with E-state index in [0.717, 1.165) is 11.1 Å². The van der Waals surface area contributed by atoms with Crippen LogP contribution < -0.4 is 24.7 Å². The van der Waals surface area contributed by atoms with Gasteiger partial charge in [0.2, 0.25) is 18.3 Å². The number of rotatable bonds is 5. The van der Waals surface area contributed by atoms with Crippen molar-refractivity contribution in [3.8, 4) is 45.3 Å². The molecule has 0 spiro atoms. The van der Waals surface area contributed by atoms with Gasteiger partial charge < -0.3 is 29.7 Å². The van der Waals surface area contributed by atoms with Crippen LogP contribution in [0.4, 0.5) is 0 Å². The molecule has 0 unspecified atom stereocenters. The second-order valence-corrected chi connectivity index (χ2v) is 5.91. The van der Waals surface area contributed by atoms with Crippen molar-refractivity contribution in [1.82, 2.24) is 4.98 Å². The van der Waals surface area contributed by atoms with Crippen LogP contribution in [0.25, 0.3) is 22.3 Å². The third kappa shape index (κ3) is 2.64. The maximum Gasteiger partial charge on any atom is 0.265 e. The number of hydrogen-bond donors (Lipinski definition) is 2. The number of carbonyl (C=O) groups excluding carboxylic acids is 1. The summed E-state index contributed by atoms with van der Waals surface area (Å²) in [6.45, 7) is 0.0624. The summed E-state index contributed by atoms with van der Waals surface area (Å²) in [7, 11) is 3.07. The Kier molecular flexibility index (Phi) is 4.12.